The summed E-state index contributed by atoms with van der Waals surface area (Å²) < 4.78 is 0. The molecule has 0 atom stereocenters. The standard InChI is InChI=1S/C16H14N4O6S2/c21-11(5-19-13(23)7-27-15(19)25)17-9-3-1-2-4-10(9)18-12(22)6-20-14(24)8-28-16(20)26/h1-4H,5-8H2,(H,17,21)(H,18,22). The first kappa shape index (κ1) is 19.9. The fourth-order valence-electron chi connectivity index (χ4n) is 2.44. The summed E-state index contributed by atoms with van der Waals surface area (Å²) in [5, 5.41) is 4.10. The average molecular weight is 422 g/mol. The molecule has 2 saturated heterocycles. The molecule has 10 nitrogen and oxygen atoms in total. The highest BCUT2D eigenvalue weighted by Crippen LogP contribution is 2.23. The number of benzene rings is 1. The number of nitrogens with one attached hydrogen (secondary N) is 2. The Morgan fingerprint density at radius 1 is 0.786 bits per heavy atom. The van der Waals surface area contributed by atoms with Crippen LogP contribution in [-0.4, -0.2) is 68.5 Å². The second-order valence-corrected chi connectivity index (χ2v) is 7.56. The van der Waals surface area contributed by atoms with Gasteiger partial charge in [0.2, 0.25) is 23.6 Å². The van der Waals surface area contributed by atoms with Crippen LogP contribution >= 0.6 is 23.5 Å². The van der Waals surface area contributed by atoms with Crippen LogP contribution in [0.5, 0.6) is 0 Å². The molecule has 2 aliphatic rings. The first-order valence-corrected chi connectivity index (χ1v) is 9.95. The van der Waals surface area contributed by atoms with Gasteiger partial charge in [0.1, 0.15) is 13.1 Å². The van der Waals surface area contributed by atoms with Crippen LogP contribution < -0.4 is 10.6 Å². The van der Waals surface area contributed by atoms with E-state index in [1.807, 2.05) is 0 Å². The van der Waals surface area contributed by atoms with Crippen molar-refractivity contribution in [3.05, 3.63) is 24.3 Å². The Balaban J connectivity index is 1.62. The van der Waals surface area contributed by atoms with Gasteiger partial charge in [-0.1, -0.05) is 35.7 Å². The highest BCUT2D eigenvalue weighted by atomic mass is 32.2. The minimum absolute atomic E-state index is 0.00494. The minimum atomic E-state index is -0.604. The lowest BCUT2D eigenvalue weighted by Crippen LogP contribution is -2.37. The highest BCUT2D eigenvalue weighted by molar-refractivity contribution is 8.15. The maximum absolute atomic E-state index is 12.2. The fourth-order valence-corrected chi connectivity index (χ4v) is 3.89. The first-order chi connectivity index (χ1) is 13.3. The molecular formula is C16H14N4O6S2. The molecule has 1 aromatic rings. The van der Waals surface area contributed by atoms with Crippen LogP contribution in [0.25, 0.3) is 0 Å². The number of carbonyl (C=O) groups excluding carboxylic acids is 6. The molecular weight excluding hydrogens is 408 g/mol. The lowest BCUT2D eigenvalue weighted by molar-refractivity contribution is -0.128. The number of hydrogen-bond acceptors (Lipinski definition) is 8. The number of rotatable bonds is 6. The summed E-state index contributed by atoms with van der Waals surface area (Å²) in [4.78, 5) is 72.4. The van der Waals surface area contributed by atoms with Gasteiger partial charge in [-0.3, -0.25) is 38.6 Å². The molecule has 0 bridgehead atoms. The predicted octanol–water partition coefficient (Wildman–Crippen LogP) is 0.954. The van der Waals surface area contributed by atoms with Crippen molar-refractivity contribution in [2.75, 3.05) is 35.2 Å². The van der Waals surface area contributed by atoms with E-state index in [1.165, 1.54) is 12.1 Å². The summed E-state index contributed by atoms with van der Waals surface area (Å²) in [6.07, 6.45) is 0. The van der Waals surface area contributed by atoms with Gasteiger partial charge in [0.15, 0.2) is 0 Å². The number of para-hydroxylation sites is 2. The third-order valence-electron chi connectivity index (χ3n) is 3.76. The lowest BCUT2D eigenvalue weighted by atomic mass is 10.2. The van der Waals surface area contributed by atoms with Crippen LogP contribution in [0.4, 0.5) is 21.0 Å². The number of carbonyl (C=O) groups is 6. The molecule has 0 spiro atoms. The number of hydrogen-bond donors (Lipinski definition) is 2. The van der Waals surface area contributed by atoms with Crippen LogP contribution in [0, 0.1) is 0 Å². The molecule has 0 saturated carbocycles. The van der Waals surface area contributed by atoms with Gasteiger partial charge in [-0.15, -0.1) is 0 Å². The summed E-state index contributed by atoms with van der Waals surface area (Å²) in [7, 11) is 0. The van der Waals surface area contributed by atoms with E-state index >= 15 is 0 Å². The van der Waals surface area contributed by atoms with E-state index in [1.54, 1.807) is 12.1 Å². The van der Waals surface area contributed by atoms with E-state index in [-0.39, 0.29) is 22.9 Å². The summed E-state index contributed by atoms with van der Waals surface area (Å²) in [6, 6.07) is 6.30. The predicted molar refractivity (Wildman–Crippen MR) is 103 cm³/mol. The van der Waals surface area contributed by atoms with Crippen molar-refractivity contribution in [1.82, 2.24) is 9.80 Å². The smallest absolute Gasteiger partial charge is 0.289 e. The maximum Gasteiger partial charge on any atom is 0.289 e. The molecule has 1 aromatic carbocycles. The Labute approximate surface area is 167 Å². The molecule has 12 heteroatoms. The van der Waals surface area contributed by atoms with Crippen LogP contribution in [-0.2, 0) is 19.2 Å². The van der Waals surface area contributed by atoms with Crippen molar-refractivity contribution in [2.45, 2.75) is 0 Å². The molecule has 28 heavy (non-hydrogen) atoms. The van der Waals surface area contributed by atoms with Gasteiger partial charge in [-0.25, -0.2) is 0 Å². The zero-order valence-corrected chi connectivity index (χ0v) is 15.9. The third-order valence-corrected chi connectivity index (χ3v) is 5.48. The average Bonchev–Trinajstić information content (AvgIpc) is 3.13. The van der Waals surface area contributed by atoms with Crippen molar-refractivity contribution in [3.8, 4) is 0 Å². The largest absolute Gasteiger partial charge is 0.323 e. The molecule has 6 amide bonds. The molecule has 2 heterocycles. The molecule has 146 valence electrons. The number of nitrogens with zero attached hydrogens (tertiary/aromatic N) is 2. The van der Waals surface area contributed by atoms with Crippen LogP contribution in [0.2, 0.25) is 0 Å². The summed E-state index contributed by atoms with van der Waals surface area (Å²) in [5.41, 5.74) is 0.502. The Morgan fingerprint density at radius 2 is 1.18 bits per heavy atom. The molecule has 0 aromatic heterocycles. The SMILES string of the molecule is O=C(CN1C(=O)CSC1=O)Nc1ccccc1NC(=O)CN1C(=O)CSC1=O. The summed E-state index contributed by atoms with van der Waals surface area (Å²) in [6.45, 7) is -0.859. The van der Waals surface area contributed by atoms with Gasteiger partial charge < -0.3 is 10.6 Å². The van der Waals surface area contributed by atoms with Gasteiger partial charge in [-0.05, 0) is 12.1 Å². The van der Waals surface area contributed by atoms with Crippen molar-refractivity contribution in [2.24, 2.45) is 0 Å². The van der Waals surface area contributed by atoms with Crippen LogP contribution in [0.1, 0.15) is 0 Å². The van der Waals surface area contributed by atoms with E-state index < -0.39 is 47.2 Å². The quantitative estimate of drug-likeness (QED) is 0.692. The monoisotopic (exact) mass is 422 g/mol. The molecule has 3 rings (SSSR count). The van der Waals surface area contributed by atoms with E-state index in [0.29, 0.717) is 0 Å². The van der Waals surface area contributed by atoms with E-state index in [4.69, 9.17) is 0 Å². The Kier molecular flexibility index (Phi) is 5.99. The number of amides is 6. The molecule has 2 fully saturated rings. The molecule has 0 aliphatic carbocycles. The van der Waals surface area contributed by atoms with Gasteiger partial charge in [-0.2, -0.15) is 0 Å². The van der Waals surface area contributed by atoms with Crippen LogP contribution in [0.3, 0.4) is 0 Å². The van der Waals surface area contributed by atoms with Crippen molar-refractivity contribution in [3.63, 3.8) is 0 Å². The zero-order chi connectivity index (χ0) is 20.3. The number of thioether (sulfide) groups is 2. The van der Waals surface area contributed by atoms with Crippen molar-refractivity contribution in [1.29, 1.82) is 0 Å². The van der Waals surface area contributed by atoms with Gasteiger partial charge in [0.25, 0.3) is 10.5 Å². The molecule has 0 radical (unpaired) electrons. The van der Waals surface area contributed by atoms with E-state index in [0.717, 1.165) is 33.3 Å². The highest BCUT2D eigenvalue weighted by Gasteiger charge is 2.32. The zero-order valence-electron chi connectivity index (χ0n) is 14.3. The minimum Gasteiger partial charge on any atom is -0.323 e. The third kappa shape index (κ3) is 4.51. The fraction of sp³-hybridized carbons (Fsp3) is 0.250. The maximum atomic E-state index is 12.2. The Hall–Kier alpha value is -2.86. The molecule has 0 unspecified atom stereocenters. The van der Waals surface area contributed by atoms with Crippen molar-refractivity contribution >= 4 is 69.0 Å². The van der Waals surface area contributed by atoms with Crippen LogP contribution in [0.15, 0.2) is 24.3 Å². The summed E-state index contributed by atoms with van der Waals surface area (Å²) >= 11 is 1.66. The Bertz CT molecular complexity index is 787. The second-order valence-electron chi connectivity index (χ2n) is 5.71. The van der Waals surface area contributed by atoms with Gasteiger partial charge in [0, 0.05) is 0 Å². The first-order valence-electron chi connectivity index (χ1n) is 7.98. The topological polar surface area (TPSA) is 133 Å². The Morgan fingerprint density at radius 3 is 1.50 bits per heavy atom. The van der Waals surface area contributed by atoms with E-state index in [2.05, 4.69) is 10.6 Å². The number of anilines is 2. The van der Waals surface area contributed by atoms with Crippen molar-refractivity contribution < 1.29 is 28.8 Å². The molecule has 2 aliphatic heterocycles. The molecule has 2 N–H and O–H groups in total. The normalized spacial score (nSPS) is 16.7. The van der Waals surface area contributed by atoms with Gasteiger partial charge >= 0.3 is 0 Å². The summed E-state index contributed by atoms with van der Waals surface area (Å²) in [5.74, 6) is -2.08. The van der Waals surface area contributed by atoms with E-state index in [9.17, 15) is 28.8 Å². The lowest BCUT2D eigenvalue weighted by Gasteiger charge is -2.16. The van der Waals surface area contributed by atoms with Gasteiger partial charge in [0.05, 0.1) is 22.9 Å². The second kappa shape index (κ2) is 8.44. The number of imide groups is 2.